The van der Waals surface area contributed by atoms with Crippen molar-refractivity contribution < 1.29 is 13.0 Å². The molecule has 0 unspecified atom stereocenters. The van der Waals surface area contributed by atoms with Crippen LogP contribution < -0.4 is 0 Å². The summed E-state index contributed by atoms with van der Waals surface area (Å²) in [4.78, 5) is -0.0145. The largest absolute Gasteiger partial charge is 0.295 e. The van der Waals surface area contributed by atoms with Gasteiger partial charge in [-0.2, -0.15) is 8.42 Å². The predicted octanol–water partition coefficient (Wildman–Crippen LogP) is 3.01. The van der Waals surface area contributed by atoms with Gasteiger partial charge in [-0.05, 0) is 43.4 Å². The minimum absolute atomic E-state index is 0.0145. The summed E-state index contributed by atoms with van der Waals surface area (Å²) < 4.78 is 32.0. The Hall–Kier alpha value is -1.39. The molecule has 3 nitrogen and oxygen atoms in total. The Labute approximate surface area is 101 Å². The van der Waals surface area contributed by atoms with Crippen molar-refractivity contribution in [3.8, 4) is 0 Å². The first-order chi connectivity index (χ1) is 7.79. The Kier molecular flexibility index (Phi) is 2.72. The third kappa shape index (κ3) is 2.18. The van der Waals surface area contributed by atoms with Crippen LogP contribution in [0.3, 0.4) is 0 Å². The van der Waals surface area contributed by atoms with Crippen molar-refractivity contribution in [2.24, 2.45) is 0 Å². The fraction of sp³-hybridized carbons (Fsp3) is 0.231. The van der Waals surface area contributed by atoms with Gasteiger partial charge in [0.05, 0.1) is 0 Å². The van der Waals surface area contributed by atoms with Gasteiger partial charge < -0.3 is 0 Å². The van der Waals surface area contributed by atoms with Crippen molar-refractivity contribution in [1.29, 1.82) is 0 Å². The Morgan fingerprint density at radius 2 is 1.41 bits per heavy atom. The summed E-state index contributed by atoms with van der Waals surface area (Å²) in [7, 11) is -4.19. The van der Waals surface area contributed by atoms with Gasteiger partial charge in [-0.25, -0.2) is 0 Å². The molecule has 0 fully saturated rings. The molecule has 0 bridgehead atoms. The standard InChI is InChI=1S/C13H14O3S/c1-8-4-10(3)11-5-9(2)7-13(12(11)6-8)17(14,15)16/h4-7H,1-3H3,(H,14,15,16). The lowest BCUT2D eigenvalue weighted by Gasteiger charge is -2.09. The molecule has 0 spiro atoms. The molecule has 1 N–H and O–H groups in total. The van der Waals surface area contributed by atoms with Crippen molar-refractivity contribution >= 4 is 20.9 Å². The zero-order chi connectivity index (χ0) is 12.8. The second-order valence-electron chi connectivity index (χ2n) is 4.42. The van der Waals surface area contributed by atoms with Gasteiger partial charge in [-0.1, -0.05) is 23.8 Å². The second kappa shape index (κ2) is 3.82. The average Bonchev–Trinajstić information content (AvgIpc) is 2.16. The topological polar surface area (TPSA) is 54.4 Å². The van der Waals surface area contributed by atoms with E-state index in [4.69, 9.17) is 0 Å². The van der Waals surface area contributed by atoms with Gasteiger partial charge in [0.25, 0.3) is 10.1 Å². The average molecular weight is 250 g/mol. The Morgan fingerprint density at radius 1 is 0.882 bits per heavy atom. The van der Waals surface area contributed by atoms with Gasteiger partial charge in [-0.15, -0.1) is 0 Å². The van der Waals surface area contributed by atoms with Gasteiger partial charge in [-0.3, -0.25) is 4.55 Å². The number of hydrogen-bond acceptors (Lipinski definition) is 2. The predicted molar refractivity (Wildman–Crippen MR) is 68.0 cm³/mol. The molecule has 0 heterocycles. The molecule has 0 saturated heterocycles. The molecule has 0 aliphatic rings. The molecule has 0 amide bonds. The lowest BCUT2D eigenvalue weighted by molar-refractivity contribution is 0.484. The van der Waals surface area contributed by atoms with Crippen LogP contribution in [0.5, 0.6) is 0 Å². The molecule has 0 radical (unpaired) electrons. The molecule has 2 aromatic carbocycles. The minimum atomic E-state index is -4.19. The van der Waals surface area contributed by atoms with Crippen molar-refractivity contribution in [3.05, 3.63) is 41.0 Å². The van der Waals surface area contributed by atoms with Crippen molar-refractivity contribution in [2.45, 2.75) is 25.7 Å². The zero-order valence-electron chi connectivity index (χ0n) is 9.98. The van der Waals surface area contributed by atoms with Crippen LogP contribution in [-0.4, -0.2) is 13.0 Å². The van der Waals surface area contributed by atoms with E-state index in [0.717, 1.165) is 22.1 Å². The molecule has 17 heavy (non-hydrogen) atoms. The molecular weight excluding hydrogens is 236 g/mol. The van der Waals surface area contributed by atoms with Crippen LogP contribution in [-0.2, 0) is 10.1 Å². The molecule has 4 heteroatoms. The number of aryl methyl sites for hydroxylation is 3. The number of fused-ring (bicyclic) bond motifs is 1. The highest BCUT2D eigenvalue weighted by molar-refractivity contribution is 7.86. The molecule has 0 saturated carbocycles. The second-order valence-corrected chi connectivity index (χ2v) is 5.81. The van der Waals surface area contributed by atoms with E-state index in [-0.39, 0.29) is 4.90 Å². The summed E-state index contributed by atoms with van der Waals surface area (Å²) in [6.07, 6.45) is 0. The third-order valence-corrected chi connectivity index (χ3v) is 3.70. The van der Waals surface area contributed by atoms with E-state index in [9.17, 15) is 13.0 Å². The highest BCUT2D eigenvalue weighted by Gasteiger charge is 2.15. The quantitative estimate of drug-likeness (QED) is 0.791. The van der Waals surface area contributed by atoms with Crippen LogP contribution in [0, 0.1) is 20.8 Å². The summed E-state index contributed by atoms with van der Waals surface area (Å²) in [6, 6.07) is 7.20. The highest BCUT2D eigenvalue weighted by atomic mass is 32.2. The lowest BCUT2D eigenvalue weighted by Crippen LogP contribution is -2.00. The molecule has 0 aromatic heterocycles. The molecular formula is C13H14O3S. The highest BCUT2D eigenvalue weighted by Crippen LogP contribution is 2.28. The van der Waals surface area contributed by atoms with Gasteiger partial charge >= 0.3 is 0 Å². The maximum Gasteiger partial charge on any atom is 0.295 e. The smallest absolute Gasteiger partial charge is 0.282 e. The maximum absolute atomic E-state index is 11.4. The Morgan fingerprint density at radius 3 is 2.00 bits per heavy atom. The molecule has 90 valence electrons. The third-order valence-electron chi connectivity index (χ3n) is 2.81. The van der Waals surface area contributed by atoms with E-state index in [0.29, 0.717) is 5.39 Å². The maximum atomic E-state index is 11.4. The van der Waals surface area contributed by atoms with E-state index < -0.39 is 10.1 Å². The Bertz CT molecular complexity index is 700. The molecule has 2 aromatic rings. The van der Waals surface area contributed by atoms with Crippen LogP contribution in [0.4, 0.5) is 0 Å². The van der Waals surface area contributed by atoms with Gasteiger partial charge in [0.2, 0.25) is 0 Å². The summed E-state index contributed by atoms with van der Waals surface area (Å²) in [5.74, 6) is 0. The van der Waals surface area contributed by atoms with E-state index in [1.807, 2.05) is 32.9 Å². The molecule has 2 rings (SSSR count). The Balaban J connectivity index is 3.03. The molecule has 0 atom stereocenters. The summed E-state index contributed by atoms with van der Waals surface area (Å²) in [5.41, 5.74) is 2.80. The molecule has 0 aliphatic heterocycles. The molecule has 0 aliphatic carbocycles. The first kappa shape index (κ1) is 12.1. The van der Waals surface area contributed by atoms with Crippen LogP contribution in [0.25, 0.3) is 10.8 Å². The van der Waals surface area contributed by atoms with Crippen LogP contribution in [0.2, 0.25) is 0 Å². The van der Waals surface area contributed by atoms with Gasteiger partial charge in [0.15, 0.2) is 0 Å². The first-order valence-corrected chi connectivity index (χ1v) is 6.72. The normalized spacial score (nSPS) is 12.0. The van der Waals surface area contributed by atoms with Crippen LogP contribution >= 0.6 is 0 Å². The van der Waals surface area contributed by atoms with E-state index in [2.05, 4.69) is 0 Å². The van der Waals surface area contributed by atoms with Crippen LogP contribution in [0.1, 0.15) is 16.7 Å². The van der Waals surface area contributed by atoms with Gasteiger partial charge in [0, 0.05) is 5.39 Å². The van der Waals surface area contributed by atoms with Crippen molar-refractivity contribution in [1.82, 2.24) is 0 Å². The summed E-state index contributed by atoms with van der Waals surface area (Å²) in [5, 5.41) is 1.44. The van der Waals surface area contributed by atoms with Crippen LogP contribution in [0.15, 0.2) is 29.2 Å². The minimum Gasteiger partial charge on any atom is -0.282 e. The summed E-state index contributed by atoms with van der Waals surface area (Å²) in [6.45, 7) is 5.65. The number of hydrogen-bond donors (Lipinski definition) is 1. The van der Waals surface area contributed by atoms with E-state index in [1.165, 1.54) is 6.07 Å². The number of benzene rings is 2. The fourth-order valence-electron chi connectivity index (χ4n) is 2.14. The monoisotopic (exact) mass is 250 g/mol. The lowest BCUT2D eigenvalue weighted by atomic mass is 10.0. The SMILES string of the molecule is Cc1cc(S(=O)(=O)O)c2cc(C)cc(C)c2c1. The van der Waals surface area contributed by atoms with E-state index >= 15 is 0 Å². The van der Waals surface area contributed by atoms with E-state index in [1.54, 1.807) is 6.07 Å². The van der Waals surface area contributed by atoms with Crippen molar-refractivity contribution in [2.75, 3.05) is 0 Å². The zero-order valence-corrected chi connectivity index (χ0v) is 10.8. The number of rotatable bonds is 1. The van der Waals surface area contributed by atoms with Crippen molar-refractivity contribution in [3.63, 3.8) is 0 Å². The van der Waals surface area contributed by atoms with Gasteiger partial charge in [0.1, 0.15) is 4.90 Å². The first-order valence-electron chi connectivity index (χ1n) is 5.28. The fourth-order valence-corrected chi connectivity index (χ4v) is 2.92. The summed E-state index contributed by atoms with van der Waals surface area (Å²) >= 11 is 0.